The van der Waals surface area contributed by atoms with Gasteiger partial charge in [0.25, 0.3) is 9.84 Å². The van der Waals surface area contributed by atoms with Gasteiger partial charge in [0.15, 0.2) is 0 Å². The molecule has 0 amide bonds. The van der Waals surface area contributed by atoms with Gasteiger partial charge in [0.2, 0.25) is 0 Å². The maximum atomic E-state index is 13.6. The lowest BCUT2D eigenvalue weighted by Gasteiger charge is -2.15. The first-order chi connectivity index (χ1) is 8.77. The normalized spacial score (nSPS) is 12.0. The van der Waals surface area contributed by atoms with E-state index in [2.05, 4.69) is 4.74 Å². The Morgan fingerprint density at radius 3 is 2.53 bits per heavy atom. The first-order valence-electron chi connectivity index (χ1n) is 5.21. The van der Waals surface area contributed by atoms with Gasteiger partial charge in [-0.3, -0.25) is 0 Å². The molecule has 0 bridgehead atoms. The molecule has 0 heterocycles. The van der Waals surface area contributed by atoms with Gasteiger partial charge in [-0.1, -0.05) is 6.07 Å². The lowest BCUT2D eigenvalue weighted by molar-refractivity contribution is -0.160. The van der Waals surface area contributed by atoms with E-state index in [4.69, 9.17) is 4.74 Å². The van der Waals surface area contributed by atoms with Gasteiger partial charge < -0.3 is 9.47 Å². The molecule has 0 radical (unpaired) electrons. The number of methoxy groups -OCH3 is 1. The highest BCUT2D eigenvalue weighted by molar-refractivity contribution is 7.93. The number of alkyl halides is 2. The summed E-state index contributed by atoms with van der Waals surface area (Å²) in [7, 11) is -3.92. The molecule has 0 aliphatic carbocycles. The molecule has 0 atom stereocenters. The number of sulfone groups is 1. The molecule has 0 unspecified atom stereocenters. The van der Waals surface area contributed by atoms with E-state index in [9.17, 15) is 22.0 Å². The van der Waals surface area contributed by atoms with Crippen molar-refractivity contribution in [2.45, 2.75) is 17.1 Å². The van der Waals surface area contributed by atoms with Crippen LogP contribution in [0.4, 0.5) is 8.78 Å². The van der Waals surface area contributed by atoms with Gasteiger partial charge in [-0.15, -0.1) is 0 Å². The summed E-state index contributed by atoms with van der Waals surface area (Å²) in [5, 5.41) is -4.64. The van der Waals surface area contributed by atoms with Gasteiger partial charge in [0.05, 0.1) is 18.6 Å². The minimum Gasteiger partial charge on any atom is -0.497 e. The summed E-state index contributed by atoms with van der Waals surface area (Å²) in [6.45, 7) is 0.953. The third-order valence-corrected chi connectivity index (χ3v) is 3.92. The van der Waals surface area contributed by atoms with Crippen molar-refractivity contribution in [1.29, 1.82) is 0 Å². The first-order valence-corrected chi connectivity index (χ1v) is 6.69. The molecule has 0 N–H and O–H groups in total. The molecule has 0 aromatic heterocycles. The number of carbonyl (C=O) groups excluding carboxylic acids is 1. The average Bonchev–Trinajstić information content (AvgIpc) is 2.38. The van der Waals surface area contributed by atoms with Crippen molar-refractivity contribution in [1.82, 2.24) is 0 Å². The van der Waals surface area contributed by atoms with Crippen LogP contribution < -0.4 is 4.74 Å². The van der Waals surface area contributed by atoms with Gasteiger partial charge >= 0.3 is 11.2 Å². The van der Waals surface area contributed by atoms with Crippen molar-refractivity contribution in [3.8, 4) is 5.75 Å². The molecule has 19 heavy (non-hydrogen) atoms. The molecule has 0 fully saturated rings. The highest BCUT2D eigenvalue weighted by Crippen LogP contribution is 2.31. The second kappa shape index (κ2) is 5.52. The number of benzene rings is 1. The SMILES string of the molecule is CCOC(=O)C(F)(F)S(=O)(=O)c1cccc(OC)c1. The fourth-order valence-corrected chi connectivity index (χ4v) is 2.34. The zero-order valence-electron chi connectivity index (χ0n) is 10.2. The first kappa shape index (κ1) is 15.4. The number of carbonyl (C=O) groups is 1. The van der Waals surface area contributed by atoms with E-state index in [1.807, 2.05) is 0 Å². The Balaban J connectivity index is 3.26. The van der Waals surface area contributed by atoms with Crippen LogP contribution in [0, 0.1) is 0 Å². The maximum Gasteiger partial charge on any atom is 0.444 e. The van der Waals surface area contributed by atoms with Crippen LogP contribution in [0.25, 0.3) is 0 Å². The summed E-state index contributed by atoms with van der Waals surface area (Å²) in [6, 6.07) is 4.47. The van der Waals surface area contributed by atoms with Crippen molar-refractivity contribution >= 4 is 15.8 Å². The number of esters is 1. The highest BCUT2D eigenvalue weighted by atomic mass is 32.2. The second-order valence-electron chi connectivity index (χ2n) is 3.42. The molecular weight excluding hydrogens is 282 g/mol. The minimum atomic E-state index is -5.18. The third kappa shape index (κ3) is 2.83. The fourth-order valence-electron chi connectivity index (χ4n) is 1.24. The Bertz CT molecular complexity index is 568. The molecule has 0 aliphatic rings. The third-order valence-electron chi connectivity index (χ3n) is 2.20. The average molecular weight is 294 g/mol. The number of halogens is 2. The van der Waals surface area contributed by atoms with E-state index < -0.39 is 26.0 Å². The number of hydrogen-bond acceptors (Lipinski definition) is 5. The molecule has 0 spiro atoms. The van der Waals surface area contributed by atoms with Crippen LogP contribution in [-0.4, -0.2) is 33.4 Å². The molecule has 106 valence electrons. The van der Waals surface area contributed by atoms with E-state index in [1.54, 1.807) is 0 Å². The standard InChI is InChI=1S/C11H12F2O5S/c1-3-18-10(14)11(12,13)19(15,16)9-6-4-5-8(7-9)17-2/h4-7H,3H2,1-2H3. The van der Waals surface area contributed by atoms with E-state index in [1.165, 1.54) is 26.2 Å². The fraction of sp³-hybridized carbons (Fsp3) is 0.364. The Hall–Kier alpha value is -1.70. The molecule has 1 aromatic carbocycles. The molecule has 8 heteroatoms. The Kier molecular flexibility index (Phi) is 4.46. The molecule has 0 saturated heterocycles. The molecule has 1 rings (SSSR count). The van der Waals surface area contributed by atoms with Crippen LogP contribution in [0.1, 0.15) is 6.92 Å². The van der Waals surface area contributed by atoms with Crippen molar-refractivity contribution in [2.75, 3.05) is 13.7 Å². The highest BCUT2D eigenvalue weighted by Gasteiger charge is 2.55. The molecule has 5 nitrogen and oxygen atoms in total. The van der Waals surface area contributed by atoms with E-state index in [-0.39, 0.29) is 12.4 Å². The van der Waals surface area contributed by atoms with Crippen LogP contribution in [-0.2, 0) is 19.4 Å². The minimum absolute atomic E-state index is 0.0840. The van der Waals surface area contributed by atoms with Crippen LogP contribution in [0.2, 0.25) is 0 Å². The zero-order chi connectivity index (χ0) is 14.7. The monoisotopic (exact) mass is 294 g/mol. The molecule has 0 aliphatic heterocycles. The van der Waals surface area contributed by atoms with Crippen molar-refractivity contribution < 1.29 is 31.5 Å². The molecular formula is C11H12F2O5S. The second-order valence-corrected chi connectivity index (χ2v) is 5.41. The summed E-state index contributed by atoms with van der Waals surface area (Å²) in [5.74, 6) is -2.02. The zero-order valence-corrected chi connectivity index (χ0v) is 11.0. The number of hydrogen-bond donors (Lipinski definition) is 0. The van der Waals surface area contributed by atoms with Crippen LogP contribution >= 0.6 is 0 Å². The van der Waals surface area contributed by atoms with Crippen LogP contribution in [0.5, 0.6) is 5.75 Å². The summed E-state index contributed by atoms with van der Waals surface area (Å²) >= 11 is 0. The Morgan fingerprint density at radius 1 is 1.37 bits per heavy atom. The van der Waals surface area contributed by atoms with Crippen molar-refractivity contribution in [2.24, 2.45) is 0 Å². The largest absolute Gasteiger partial charge is 0.497 e. The summed E-state index contributed by atoms with van der Waals surface area (Å²) in [5.41, 5.74) is 0. The summed E-state index contributed by atoms with van der Waals surface area (Å²) in [4.78, 5) is 10.3. The maximum absolute atomic E-state index is 13.6. The van der Waals surface area contributed by atoms with Gasteiger partial charge in [0, 0.05) is 0 Å². The predicted octanol–water partition coefficient (Wildman–Crippen LogP) is 1.62. The molecule has 1 aromatic rings. The summed E-state index contributed by atoms with van der Waals surface area (Å²) < 4.78 is 59.5. The number of ether oxygens (including phenoxy) is 2. The van der Waals surface area contributed by atoms with E-state index in [0.29, 0.717) is 0 Å². The topological polar surface area (TPSA) is 69.7 Å². The van der Waals surface area contributed by atoms with Crippen LogP contribution in [0.15, 0.2) is 29.2 Å². The quantitative estimate of drug-likeness (QED) is 0.772. The Morgan fingerprint density at radius 2 is 2.00 bits per heavy atom. The summed E-state index contributed by atoms with van der Waals surface area (Å²) in [6.07, 6.45) is 0. The van der Waals surface area contributed by atoms with E-state index in [0.717, 1.165) is 12.1 Å². The Labute approximate surface area is 109 Å². The lowest BCUT2D eigenvalue weighted by atomic mass is 10.3. The lowest BCUT2D eigenvalue weighted by Crippen LogP contribution is -2.39. The van der Waals surface area contributed by atoms with Gasteiger partial charge in [-0.2, -0.15) is 8.78 Å². The van der Waals surface area contributed by atoms with E-state index >= 15 is 0 Å². The van der Waals surface area contributed by atoms with Gasteiger partial charge in [-0.25, -0.2) is 13.2 Å². The molecule has 0 saturated carbocycles. The van der Waals surface area contributed by atoms with Crippen molar-refractivity contribution in [3.05, 3.63) is 24.3 Å². The van der Waals surface area contributed by atoms with Gasteiger partial charge in [0.1, 0.15) is 5.75 Å². The number of rotatable bonds is 5. The van der Waals surface area contributed by atoms with Crippen LogP contribution in [0.3, 0.4) is 0 Å². The smallest absolute Gasteiger partial charge is 0.444 e. The predicted molar refractivity (Wildman–Crippen MR) is 61.8 cm³/mol. The van der Waals surface area contributed by atoms with Crippen molar-refractivity contribution in [3.63, 3.8) is 0 Å². The van der Waals surface area contributed by atoms with Gasteiger partial charge in [-0.05, 0) is 25.1 Å².